The van der Waals surface area contributed by atoms with E-state index in [0.29, 0.717) is 16.4 Å². The van der Waals surface area contributed by atoms with Crippen LogP contribution in [0.3, 0.4) is 0 Å². The van der Waals surface area contributed by atoms with Crippen LogP contribution in [-0.2, 0) is 9.59 Å². The monoisotopic (exact) mass is 467 g/mol. The van der Waals surface area contributed by atoms with E-state index in [-0.39, 0.29) is 35.0 Å². The standard InChI is InChI=1S/C22H19FN6O3S/c1-27(2)28-13-20(32-26-28)25-19(30)14-33-22-24-18(12-15-8-10-16(23)11-9-15)21(31)29(22)17-6-4-3-5-7-17/h3-13H,14H2,1-2H3/p+1/b18-12+. The summed E-state index contributed by atoms with van der Waals surface area (Å²) < 4.78 is 18.3. The van der Waals surface area contributed by atoms with E-state index in [1.165, 1.54) is 28.0 Å². The van der Waals surface area contributed by atoms with E-state index in [9.17, 15) is 14.0 Å². The van der Waals surface area contributed by atoms with E-state index in [4.69, 9.17) is 4.52 Å². The Kier molecular flexibility index (Phi) is 6.50. The van der Waals surface area contributed by atoms with Crippen molar-refractivity contribution >= 4 is 46.4 Å². The molecule has 2 aromatic carbocycles. The number of nitrogens with zero attached hydrogens (tertiary/aromatic N) is 5. The fraction of sp³-hybridized carbons (Fsp3) is 0.136. The summed E-state index contributed by atoms with van der Waals surface area (Å²) in [4.78, 5) is 32.9. The predicted molar refractivity (Wildman–Crippen MR) is 124 cm³/mol. The quantitative estimate of drug-likeness (QED) is 0.442. The number of rotatable bonds is 6. The minimum Gasteiger partial charge on any atom is -0.288 e. The third-order valence-corrected chi connectivity index (χ3v) is 5.42. The maximum Gasteiger partial charge on any atom is 0.305 e. The van der Waals surface area contributed by atoms with E-state index in [1.807, 2.05) is 18.2 Å². The van der Waals surface area contributed by atoms with Crippen molar-refractivity contribution in [1.82, 2.24) is 5.27 Å². The Morgan fingerprint density at radius 2 is 1.94 bits per heavy atom. The molecule has 2 amide bonds. The van der Waals surface area contributed by atoms with Crippen molar-refractivity contribution in [2.75, 3.05) is 35.1 Å². The molecule has 11 heteroatoms. The highest BCUT2D eigenvalue weighted by molar-refractivity contribution is 8.14. The molecule has 0 unspecified atom stereocenters. The van der Waals surface area contributed by atoms with Crippen molar-refractivity contribution in [2.45, 2.75) is 0 Å². The summed E-state index contributed by atoms with van der Waals surface area (Å²) >= 11 is 1.11. The predicted octanol–water partition coefficient (Wildman–Crippen LogP) is 2.41. The van der Waals surface area contributed by atoms with Crippen LogP contribution in [0.1, 0.15) is 5.56 Å². The maximum absolute atomic E-state index is 13.2. The van der Waals surface area contributed by atoms with E-state index >= 15 is 0 Å². The summed E-state index contributed by atoms with van der Waals surface area (Å²) in [5.74, 6) is -0.871. The number of carbonyl (C=O) groups excluding carboxylic acids is 2. The topological polar surface area (TPSA) is 94.9 Å². The van der Waals surface area contributed by atoms with Crippen molar-refractivity contribution < 1.29 is 23.3 Å². The fourth-order valence-electron chi connectivity index (χ4n) is 2.90. The zero-order valence-electron chi connectivity index (χ0n) is 17.8. The first kappa shape index (κ1) is 22.2. The third kappa shape index (κ3) is 5.26. The van der Waals surface area contributed by atoms with E-state index in [1.54, 1.807) is 49.4 Å². The lowest BCUT2D eigenvalue weighted by molar-refractivity contribution is -0.753. The Labute approximate surface area is 193 Å². The number of carbonyl (C=O) groups is 2. The Balaban J connectivity index is 1.52. The first-order valence-electron chi connectivity index (χ1n) is 9.85. The number of thioether (sulfide) groups is 1. The second-order valence-electron chi connectivity index (χ2n) is 7.12. The van der Waals surface area contributed by atoms with Crippen LogP contribution in [-0.4, -0.2) is 42.1 Å². The van der Waals surface area contributed by atoms with Crippen LogP contribution in [0.5, 0.6) is 0 Å². The van der Waals surface area contributed by atoms with Gasteiger partial charge in [0, 0.05) is 0 Å². The lowest BCUT2D eigenvalue weighted by Crippen LogP contribution is -2.53. The van der Waals surface area contributed by atoms with Crippen LogP contribution < -0.4 is 20.0 Å². The lowest BCUT2D eigenvalue weighted by Gasteiger charge is -2.17. The molecule has 0 aliphatic carbocycles. The number of aliphatic imine (C=N–C) groups is 1. The van der Waals surface area contributed by atoms with Gasteiger partial charge in [-0.1, -0.05) is 42.1 Å². The highest BCUT2D eigenvalue weighted by atomic mass is 32.2. The van der Waals surface area contributed by atoms with Gasteiger partial charge in [0.2, 0.25) is 11.2 Å². The zero-order chi connectivity index (χ0) is 23.4. The third-order valence-electron chi connectivity index (χ3n) is 4.48. The van der Waals surface area contributed by atoms with Gasteiger partial charge < -0.3 is 0 Å². The first-order chi connectivity index (χ1) is 15.9. The number of nitrogens with one attached hydrogen (secondary N) is 1. The molecule has 0 fully saturated rings. The molecule has 2 heterocycles. The fourth-order valence-corrected chi connectivity index (χ4v) is 3.71. The Bertz CT molecular complexity index is 1220. The van der Waals surface area contributed by atoms with Gasteiger partial charge in [-0.05, 0) is 35.9 Å². The van der Waals surface area contributed by atoms with Gasteiger partial charge in [-0.3, -0.25) is 24.3 Å². The molecule has 1 aliphatic heterocycles. The number of halogens is 1. The normalized spacial score (nSPS) is 14.5. The maximum atomic E-state index is 13.2. The SMILES string of the molecule is CN(C)[n+]1cc(NC(=O)CSC2=N/C(=C/c3ccc(F)cc3)C(=O)N2c2ccccc2)on1. The summed E-state index contributed by atoms with van der Waals surface area (Å²) in [5, 5.41) is 8.40. The Hall–Kier alpha value is -3.99. The molecule has 0 bridgehead atoms. The summed E-state index contributed by atoms with van der Waals surface area (Å²) in [5.41, 5.74) is 1.45. The van der Waals surface area contributed by atoms with Crippen molar-refractivity contribution in [2.24, 2.45) is 4.99 Å². The van der Waals surface area contributed by atoms with Gasteiger partial charge >= 0.3 is 5.88 Å². The highest BCUT2D eigenvalue weighted by Crippen LogP contribution is 2.29. The van der Waals surface area contributed by atoms with Crippen LogP contribution in [0.15, 0.2) is 76.0 Å². The van der Waals surface area contributed by atoms with Crippen LogP contribution >= 0.6 is 11.8 Å². The minimum absolute atomic E-state index is 0.0120. The molecule has 0 radical (unpaired) electrons. The number of anilines is 2. The first-order valence-corrected chi connectivity index (χ1v) is 10.8. The molecule has 168 valence electrons. The molecule has 0 saturated carbocycles. The lowest BCUT2D eigenvalue weighted by atomic mass is 10.2. The number of amidine groups is 1. The summed E-state index contributed by atoms with van der Waals surface area (Å²) in [6, 6.07) is 14.8. The number of hydrogen-bond donors (Lipinski definition) is 1. The van der Waals surface area contributed by atoms with Gasteiger partial charge in [-0.15, -0.1) is 0 Å². The number of hydrogen-bond acceptors (Lipinski definition) is 7. The van der Waals surface area contributed by atoms with Gasteiger partial charge in [0.05, 0.1) is 30.3 Å². The second-order valence-corrected chi connectivity index (χ2v) is 8.06. The molecule has 1 aromatic heterocycles. The molecular weight excluding hydrogens is 447 g/mol. The van der Waals surface area contributed by atoms with Crippen molar-refractivity contribution in [3.63, 3.8) is 0 Å². The molecule has 4 rings (SSSR count). The van der Waals surface area contributed by atoms with Gasteiger partial charge in [-0.2, -0.15) is 5.01 Å². The number of benzene rings is 2. The smallest absolute Gasteiger partial charge is 0.288 e. The number of para-hydroxylation sites is 1. The molecule has 0 spiro atoms. The van der Waals surface area contributed by atoms with Crippen LogP contribution in [0.2, 0.25) is 0 Å². The van der Waals surface area contributed by atoms with E-state index < -0.39 is 0 Å². The van der Waals surface area contributed by atoms with Gasteiger partial charge in [-0.25, -0.2) is 9.38 Å². The summed E-state index contributed by atoms with van der Waals surface area (Å²) in [6.45, 7) is 0. The zero-order valence-corrected chi connectivity index (χ0v) is 18.6. The largest absolute Gasteiger partial charge is 0.305 e. The number of aromatic nitrogens is 2. The Morgan fingerprint density at radius 1 is 1.21 bits per heavy atom. The van der Waals surface area contributed by atoms with Crippen molar-refractivity contribution in [3.05, 3.63) is 77.9 Å². The molecule has 1 N–H and O–H groups in total. The van der Waals surface area contributed by atoms with Gasteiger partial charge in [0.25, 0.3) is 12.1 Å². The summed E-state index contributed by atoms with van der Waals surface area (Å²) in [7, 11) is 3.54. The van der Waals surface area contributed by atoms with Gasteiger partial charge in [0.15, 0.2) is 5.17 Å². The second kappa shape index (κ2) is 9.65. The van der Waals surface area contributed by atoms with Gasteiger partial charge in [0.1, 0.15) is 11.5 Å². The minimum atomic E-state index is -0.366. The molecule has 0 saturated heterocycles. The average Bonchev–Trinajstić information content (AvgIpc) is 3.39. The average molecular weight is 468 g/mol. The van der Waals surface area contributed by atoms with Crippen LogP contribution in [0.4, 0.5) is 16.0 Å². The van der Waals surface area contributed by atoms with Crippen LogP contribution in [0, 0.1) is 5.82 Å². The highest BCUT2D eigenvalue weighted by Gasteiger charge is 2.32. The Morgan fingerprint density at radius 3 is 2.61 bits per heavy atom. The van der Waals surface area contributed by atoms with E-state index in [2.05, 4.69) is 15.6 Å². The molecular formula is C22H20FN6O3S+. The van der Waals surface area contributed by atoms with Crippen LogP contribution in [0.25, 0.3) is 6.08 Å². The van der Waals surface area contributed by atoms with E-state index in [0.717, 1.165) is 11.8 Å². The molecule has 0 atom stereocenters. The molecule has 3 aromatic rings. The van der Waals surface area contributed by atoms with Crippen molar-refractivity contribution in [1.29, 1.82) is 0 Å². The summed E-state index contributed by atoms with van der Waals surface area (Å²) in [6.07, 6.45) is 3.11. The number of amides is 2. The molecule has 33 heavy (non-hydrogen) atoms. The van der Waals surface area contributed by atoms with Crippen molar-refractivity contribution in [3.8, 4) is 0 Å². The molecule has 9 nitrogen and oxygen atoms in total. The molecule has 1 aliphatic rings.